The van der Waals surface area contributed by atoms with Crippen molar-refractivity contribution in [2.45, 2.75) is 4.90 Å². The third kappa shape index (κ3) is 6.26. The van der Waals surface area contributed by atoms with Gasteiger partial charge < -0.3 is 20.1 Å². The number of thiocarbonyl (C=S) groups is 1. The normalized spacial score (nSPS) is 10.8. The second kappa shape index (κ2) is 9.90. The van der Waals surface area contributed by atoms with Crippen molar-refractivity contribution < 1.29 is 17.9 Å². The van der Waals surface area contributed by atoms with E-state index in [1.54, 1.807) is 12.1 Å². The summed E-state index contributed by atoms with van der Waals surface area (Å²) in [7, 11) is -1.12. The van der Waals surface area contributed by atoms with Gasteiger partial charge >= 0.3 is 6.01 Å². The lowest BCUT2D eigenvalue weighted by Crippen LogP contribution is -2.19. The molecule has 12 heteroatoms. The molecule has 9 nitrogen and oxygen atoms in total. The zero-order valence-electron chi connectivity index (χ0n) is 16.4. The smallest absolute Gasteiger partial charge is 0.321 e. The summed E-state index contributed by atoms with van der Waals surface area (Å²) in [5.74, 6) is 0.182. The largest absolute Gasteiger partial charge is 0.481 e. The fraction of sp³-hybridized carbons (Fsp3) is 0.105. The molecule has 1 aromatic heterocycles. The van der Waals surface area contributed by atoms with Crippen molar-refractivity contribution >= 4 is 60.5 Å². The highest BCUT2D eigenvalue weighted by Gasteiger charge is 2.17. The first-order valence-corrected chi connectivity index (χ1v) is 11.4. The van der Waals surface area contributed by atoms with E-state index < -0.39 is 10.0 Å². The lowest BCUT2D eigenvalue weighted by atomic mass is 10.3. The zero-order valence-corrected chi connectivity index (χ0v) is 19.6. The molecule has 3 N–H and O–H groups in total. The number of methoxy groups -OCH3 is 2. The van der Waals surface area contributed by atoms with Gasteiger partial charge in [-0.15, -0.1) is 0 Å². The topological polar surface area (TPSA) is 114 Å². The minimum absolute atomic E-state index is 0.0192. The molecule has 0 unspecified atom stereocenters. The number of halogens is 1. The molecule has 31 heavy (non-hydrogen) atoms. The highest BCUT2D eigenvalue weighted by molar-refractivity contribution is 9.10. The summed E-state index contributed by atoms with van der Waals surface area (Å²) in [6.07, 6.45) is 0. The first kappa shape index (κ1) is 22.7. The Labute approximate surface area is 193 Å². The molecule has 3 rings (SSSR count). The van der Waals surface area contributed by atoms with Crippen molar-refractivity contribution in [1.29, 1.82) is 0 Å². The number of hydrogen-bond acceptors (Lipinski definition) is 7. The van der Waals surface area contributed by atoms with Crippen LogP contribution in [0.3, 0.4) is 0 Å². The van der Waals surface area contributed by atoms with Gasteiger partial charge in [0, 0.05) is 21.9 Å². The maximum Gasteiger partial charge on any atom is 0.321 e. The van der Waals surface area contributed by atoms with Gasteiger partial charge in [-0.1, -0.05) is 15.9 Å². The first-order valence-electron chi connectivity index (χ1n) is 8.72. The van der Waals surface area contributed by atoms with Gasteiger partial charge in [-0.25, -0.2) is 8.42 Å². The van der Waals surface area contributed by atoms with Gasteiger partial charge in [-0.3, -0.25) is 4.72 Å². The average Bonchev–Trinajstić information content (AvgIpc) is 2.75. The summed E-state index contributed by atoms with van der Waals surface area (Å²) in [5.41, 5.74) is 1.44. The molecule has 0 fully saturated rings. The van der Waals surface area contributed by atoms with Gasteiger partial charge in [0.15, 0.2) is 10.9 Å². The Morgan fingerprint density at radius 3 is 2.06 bits per heavy atom. The van der Waals surface area contributed by atoms with Crippen molar-refractivity contribution in [2.75, 3.05) is 29.6 Å². The van der Waals surface area contributed by atoms with Crippen LogP contribution in [0.1, 0.15) is 0 Å². The molecule has 0 bridgehead atoms. The van der Waals surface area contributed by atoms with E-state index in [9.17, 15) is 8.42 Å². The van der Waals surface area contributed by atoms with Gasteiger partial charge in [0.2, 0.25) is 5.88 Å². The van der Waals surface area contributed by atoms with E-state index in [-0.39, 0.29) is 22.6 Å². The standard InChI is InChI=1S/C19H18BrN5O4S2/c1-28-17-11-16(23-18(24-17)29-2)25-31(26,27)15-9-7-14(8-10-15)22-19(30)21-13-5-3-12(20)4-6-13/h3-11H,1-2H3,(H2,21,22,30)(H,23,24,25). The van der Waals surface area contributed by atoms with Crippen LogP contribution in [0, 0.1) is 0 Å². The zero-order chi connectivity index (χ0) is 22.4. The Bertz CT molecular complexity index is 1150. The molecule has 0 saturated carbocycles. The van der Waals surface area contributed by atoms with E-state index in [4.69, 9.17) is 21.7 Å². The van der Waals surface area contributed by atoms with Crippen LogP contribution in [-0.4, -0.2) is 37.7 Å². The molecule has 162 valence electrons. The Morgan fingerprint density at radius 2 is 1.52 bits per heavy atom. The van der Waals surface area contributed by atoms with E-state index in [0.29, 0.717) is 10.8 Å². The van der Waals surface area contributed by atoms with E-state index in [1.807, 2.05) is 24.3 Å². The molecule has 0 atom stereocenters. The molecule has 0 amide bonds. The summed E-state index contributed by atoms with van der Waals surface area (Å²) < 4.78 is 38.7. The minimum atomic E-state index is -3.89. The molecule has 0 radical (unpaired) electrons. The van der Waals surface area contributed by atoms with Gasteiger partial charge in [-0.05, 0) is 60.7 Å². The number of hydrogen-bond donors (Lipinski definition) is 3. The quantitative estimate of drug-likeness (QED) is 0.397. The van der Waals surface area contributed by atoms with Crippen LogP contribution in [0.2, 0.25) is 0 Å². The molecule has 1 heterocycles. The fourth-order valence-electron chi connectivity index (χ4n) is 2.39. The summed E-state index contributed by atoms with van der Waals surface area (Å²) in [5, 5.41) is 6.42. The van der Waals surface area contributed by atoms with Crippen molar-refractivity contribution in [3.63, 3.8) is 0 Å². The molecule has 0 spiro atoms. The second-order valence-electron chi connectivity index (χ2n) is 6.00. The Kier molecular flexibility index (Phi) is 7.25. The number of anilines is 3. The number of nitrogens with zero attached hydrogens (tertiary/aromatic N) is 2. The maximum absolute atomic E-state index is 12.7. The highest BCUT2D eigenvalue weighted by atomic mass is 79.9. The molecule has 2 aromatic carbocycles. The van der Waals surface area contributed by atoms with Crippen molar-refractivity contribution in [2.24, 2.45) is 0 Å². The summed E-state index contributed by atoms with van der Waals surface area (Å²) in [6.45, 7) is 0. The predicted octanol–water partition coefficient (Wildman–Crippen LogP) is 3.87. The maximum atomic E-state index is 12.7. The second-order valence-corrected chi connectivity index (χ2v) is 9.00. The number of rotatable bonds is 7. The monoisotopic (exact) mass is 523 g/mol. The molecule has 3 aromatic rings. The lowest BCUT2D eigenvalue weighted by molar-refractivity contribution is 0.353. The Morgan fingerprint density at radius 1 is 0.935 bits per heavy atom. The molecular weight excluding hydrogens is 506 g/mol. The minimum Gasteiger partial charge on any atom is -0.481 e. The number of nitrogens with one attached hydrogen (secondary N) is 3. The van der Waals surface area contributed by atoms with Crippen LogP contribution < -0.4 is 24.8 Å². The molecule has 0 aliphatic carbocycles. The number of benzene rings is 2. The molecule has 0 saturated heterocycles. The van der Waals surface area contributed by atoms with E-state index in [2.05, 4.69) is 41.3 Å². The van der Waals surface area contributed by atoms with Crippen LogP contribution in [0.15, 0.2) is 64.0 Å². The highest BCUT2D eigenvalue weighted by Crippen LogP contribution is 2.22. The summed E-state index contributed by atoms with van der Waals surface area (Å²) in [6, 6.07) is 14.9. The van der Waals surface area contributed by atoms with E-state index in [1.165, 1.54) is 32.4 Å². The van der Waals surface area contributed by atoms with Gasteiger partial charge in [0.05, 0.1) is 19.1 Å². The van der Waals surface area contributed by atoms with E-state index >= 15 is 0 Å². The third-order valence-electron chi connectivity index (χ3n) is 3.84. The van der Waals surface area contributed by atoms with Crippen molar-refractivity contribution in [3.05, 3.63) is 59.1 Å². The van der Waals surface area contributed by atoms with Crippen molar-refractivity contribution in [3.8, 4) is 11.9 Å². The van der Waals surface area contributed by atoms with Crippen LogP contribution in [0.25, 0.3) is 0 Å². The van der Waals surface area contributed by atoms with Crippen molar-refractivity contribution in [1.82, 2.24) is 9.97 Å². The van der Waals surface area contributed by atoms with Gasteiger partial charge in [0.25, 0.3) is 10.0 Å². The number of ether oxygens (including phenoxy) is 2. The third-order valence-corrected chi connectivity index (χ3v) is 5.94. The number of aromatic nitrogens is 2. The van der Waals surface area contributed by atoms with E-state index in [0.717, 1.165) is 10.2 Å². The molecular formula is C19H18BrN5O4S2. The SMILES string of the molecule is COc1cc(NS(=O)(=O)c2ccc(NC(=S)Nc3ccc(Br)cc3)cc2)nc(OC)n1. The lowest BCUT2D eigenvalue weighted by Gasteiger charge is -2.12. The van der Waals surface area contributed by atoms with Gasteiger partial charge in [0.1, 0.15) is 0 Å². The van der Waals surface area contributed by atoms with Crippen LogP contribution in [0.4, 0.5) is 17.2 Å². The average molecular weight is 524 g/mol. The summed E-state index contributed by atoms with van der Waals surface area (Å²) in [4.78, 5) is 7.94. The number of sulfonamides is 1. The molecule has 0 aliphatic heterocycles. The van der Waals surface area contributed by atoms with Gasteiger partial charge in [-0.2, -0.15) is 9.97 Å². The Balaban J connectivity index is 1.68. The van der Waals surface area contributed by atoms with Crippen LogP contribution in [0.5, 0.6) is 11.9 Å². The predicted molar refractivity (Wildman–Crippen MR) is 126 cm³/mol. The fourth-order valence-corrected chi connectivity index (χ4v) is 3.88. The summed E-state index contributed by atoms with van der Waals surface area (Å²) >= 11 is 8.66. The Hall–Kier alpha value is -2.96. The van der Waals surface area contributed by atoms with Crippen LogP contribution in [-0.2, 0) is 10.0 Å². The first-order chi connectivity index (χ1) is 14.8. The molecule has 0 aliphatic rings. The van der Waals surface area contributed by atoms with Crippen LogP contribution >= 0.6 is 28.1 Å².